The zero-order valence-corrected chi connectivity index (χ0v) is 15.2. The van der Waals surface area contributed by atoms with E-state index in [1.54, 1.807) is 0 Å². The Kier molecular flexibility index (Phi) is 7.09. The molecule has 0 radical (unpaired) electrons. The molecule has 0 aromatic heterocycles. The van der Waals surface area contributed by atoms with Crippen LogP contribution in [0.2, 0.25) is 0 Å². The van der Waals surface area contributed by atoms with Gasteiger partial charge in [0.2, 0.25) is 0 Å². The topological polar surface area (TPSA) is 65.6 Å². The third kappa shape index (κ3) is 8.25. The minimum Gasteiger partial charge on any atom is -0.444 e. The van der Waals surface area contributed by atoms with Crippen LogP contribution in [-0.2, 0) is 4.74 Å². The Hall–Kier alpha value is -2.02. The van der Waals surface area contributed by atoms with Crippen molar-refractivity contribution in [2.45, 2.75) is 26.4 Å². The average molecular weight is 338 g/mol. The minimum absolute atomic E-state index is 0.427. The second-order valence-corrected chi connectivity index (χ2v) is 6.66. The molecule has 1 aromatic rings. The Morgan fingerprint density at radius 2 is 1.70 bits per heavy atom. The van der Waals surface area contributed by atoms with Gasteiger partial charge in [-0.15, -0.1) is 0 Å². The Morgan fingerprint density at radius 3 is 2.22 bits per heavy atom. The fourth-order valence-corrected chi connectivity index (χ4v) is 1.89. The summed E-state index contributed by atoms with van der Waals surface area (Å²) >= 11 is 5.21. The van der Waals surface area contributed by atoms with Gasteiger partial charge in [0.05, 0.1) is 0 Å². The van der Waals surface area contributed by atoms with Crippen LogP contribution >= 0.6 is 12.2 Å². The van der Waals surface area contributed by atoms with E-state index in [0.717, 1.165) is 11.4 Å². The van der Waals surface area contributed by atoms with Crippen LogP contribution in [0.25, 0.3) is 0 Å². The molecule has 0 heterocycles. The molecule has 7 heteroatoms. The number of rotatable bonds is 5. The third-order valence-electron chi connectivity index (χ3n) is 2.72. The van der Waals surface area contributed by atoms with Gasteiger partial charge in [-0.3, -0.25) is 0 Å². The molecule has 0 saturated carbocycles. The van der Waals surface area contributed by atoms with Crippen LogP contribution in [0.5, 0.6) is 0 Å². The summed E-state index contributed by atoms with van der Waals surface area (Å²) < 4.78 is 5.14. The third-order valence-corrected chi connectivity index (χ3v) is 2.97. The monoisotopic (exact) mass is 338 g/mol. The van der Waals surface area contributed by atoms with E-state index in [1.165, 1.54) is 0 Å². The average Bonchev–Trinajstić information content (AvgIpc) is 2.42. The fourth-order valence-electron chi connectivity index (χ4n) is 1.67. The van der Waals surface area contributed by atoms with Gasteiger partial charge in [-0.2, -0.15) is 0 Å². The SMILES string of the molecule is CN(C)c1ccc(NC(=S)NCCNC(=O)OC(C)(C)C)cc1. The van der Waals surface area contributed by atoms with Gasteiger partial charge in [0.15, 0.2) is 5.11 Å². The van der Waals surface area contributed by atoms with Gasteiger partial charge < -0.3 is 25.6 Å². The van der Waals surface area contributed by atoms with Crippen molar-refractivity contribution in [2.75, 3.05) is 37.4 Å². The minimum atomic E-state index is -0.493. The van der Waals surface area contributed by atoms with Crippen LogP contribution < -0.4 is 20.9 Å². The molecule has 23 heavy (non-hydrogen) atoms. The zero-order chi connectivity index (χ0) is 17.5. The predicted octanol–water partition coefficient (Wildman–Crippen LogP) is 2.56. The lowest BCUT2D eigenvalue weighted by molar-refractivity contribution is 0.0529. The van der Waals surface area contributed by atoms with Gasteiger partial charge in [-0.25, -0.2) is 4.79 Å². The van der Waals surface area contributed by atoms with Crippen LogP contribution in [0.1, 0.15) is 20.8 Å². The highest BCUT2D eigenvalue weighted by Crippen LogP contribution is 2.15. The van der Waals surface area contributed by atoms with Crippen molar-refractivity contribution in [3.8, 4) is 0 Å². The summed E-state index contributed by atoms with van der Waals surface area (Å²) in [5.41, 5.74) is 1.54. The van der Waals surface area contributed by atoms with E-state index in [1.807, 2.05) is 64.0 Å². The Labute approximate surface area is 143 Å². The molecule has 0 fully saturated rings. The number of alkyl carbamates (subject to hydrolysis) is 1. The first-order valence-electron chi connectivity index (χ1n) is 7.46. The Balaban J connectivity index is 2.25. The lowest BCUT2D eigenvalue weighted by atomic mass is 10.2. The number of ether oxygens (including phenoxy) is 1. The number of nitrogens with zero attached hydrogens (tertiary/aromatic N) is 1. The number of thiocarbonyl (C=S) groups is 1. The van der Waals surface area contributed by atoms with Gasteiger partial charge >= 0.3 is 6.09 Å². The number of hydrogen-bond acceptors (Lipinski definition) is 4. The first-order valence-corrected chi connectivity index (χ1v) is 7.87. The maximum atomic E-state index is 11.5. The van der Waals surface area contributed by atoms with Crippen LogP contribution in [0, 0.1) is 0 Å². The molecule has 128 valence electrons. The smallest absolute Gasteiger partial charge is 0.407 e. The quantitative estimate of drug-likeness (QED) is 0.566. The van der Waals surface area contributed by atoms with E-state index in [2.05, 4.69) is 16.0 Å². The first-order chi connectivity index (χ1) is 10.7. The summed E-state index contributed by atoms with van der Waals surface area (Å²) in [5.74, 6) is 0. The second-order valence-electron chi connectivity index (χ2n) is 6.25. The number of nitrogens with one attached hydrogen (secondary N) is 3. The molecule has 1 rings (SSSR count). The van der Waals surface area contributed by atoms with Crippen molar-refractivity contribution in [1.29, 1.82) is 0 Å². The molecular weight excluding hydrogens is 312 g/mol. The van der Waals surface area contributed by atoms with Crippen molar-refractivity contribution in [2.24, 2.45) is 0 Å². The summed E-state index contributed by atoms with van der Waals surface area (Å²) in [7, 11) is 3.98. The number of anilines is 2. The van der Waals surface area contributed by atoms with E-state index >= 15 is 0 Å². The van der Waals surface area contributed by atoms with Crippen LogP contribution in [0.3, 0.4) is 0 Å². The van der Waals surface area contributed by atoms with Gasteiger partial charge in [-0.1, -0.05) is 0 Å². The van der Waals surface area contributed by atoms with Crippen LogP contribution in [0.15, 0.2) is 24.3 Å². The Morgan fingerprint density at radius 1 is 1.13 bits per heavy atom. The summed E-state index contributed by atoms with van der Waals surface area (Å²) in [6.07, 6.45) is -0.433. The van der Waals surface area contributed by atoms with E-state index in [0.29, 0.717) is 18.2 Å². The Bertz CT molecular complexity index is 524. The molecule has 0 spiro atoms. The largest absolute Gasteiger partial charge is 0.444 e. The molecule has 0 atom stereocenters. The molecular formula is C16H26N4O2S. The van der Waals surface area contributed by atoms with Gasteiger partial charge in [0, 0.05) is 38.6 Å². The van der Waals surface area contributed by atoms with E-state index in [9.17, 15) is 4.79 Å². The van der Waals surface area contributed by atoms with E-state index < -0.39 is 11.7 Å². The van der Waals surface area contributed by atoms with Crippen molar-refractivity contribution >= 4 is 34.8 Å². The number of carbonyl (C=O) groups is 1. The first kappa shape index (κ1) is 19.0. The normalized spacial score (nSPS) is 10.7. The molecule has 6 nitrogen and oxygen atoms in total. The second kappa shape index (κ2) is 8.57. The molecule has 0 aliphatic carbocycles. The summed E-state index contributed by atoms with van der Waals surface area (Å²) in [5, 5.41) is 9.29. The molecule has 3 N–H and O–H groups in total. The number of amides is 1. The van der Waals surface area contributed by atoms with Crippen molar-refractivity contribution in [3.05, 3.63) is 24.3 Å². The zero-order valence-electron chi connectivity index (χ0n) is 14.4. The van der Waals surface area contributed by atoms with E-state index in [-0.39, 0.29) is 0 Å². The van der Waals surface area contributed by atoms with Crippen LogP contribution in [0.4, 0.5) is 16.2 Å². The number of hydrogen-bond donors (Lipinski definition) is 3. The highest BCUT2D eigenvalue weighted by molar-refractivity contribution is 7.80. The van der Waals surface area contributed by atoms with Crippen molar-refractivity contribution in [1.82, 2.24) is 10.6 Å². The maximum absolute atomic E-state index is 11.5. The summed E-state index contributed by atoms with van der Waals surface area (Å²) in [4.78, 5) is 13.5. The standard InChI is InChI=1S/C16H26N4O2S/c1-16(2,3)22-15(21)18-11-10-17-14(23)19-12-6-8-13(9-7-12)20(4)5/h6-9H,10-11H2,1-5H3,(H,18,21)(H2,17,19,23). The van der Waals surface area contributed by atoms with Crippen molar-refractivity contribution < 1.29 is 9.53 Å². The van der Waals surface area contributed by atoms with Crippen LogP contribution in [-0.4, -0.2) is 44.0 Å². The van der Waals surface area contributed by atoms with Gasteiger partial charge in [0.25, 0.3) is 0 Å². The molecule has 0 unspecified atom stereocenters. The highest BCUT2D eigenvalue weighted by atomic mass is 32.1. The number of carbonyl (C=O) groups excluding carboxylic acids is 1. The van der Waals surface area contributed by atoms with E-state index in [4.69, 9.17) is 17.0 Å². The highest BCUT2D eigenvalue weighted by Gasteiger charge is 2.15. The lowest BCUT2D eigenvalue weighted by Crippen LogP contribution is -2.39. The van der Waals surface area contributed by atoms with Crippen molar-refractivity contribution in [3.63, 3.8) is 0 Å². The maximum Gasteiger partial charge on any atom is 0.407 e. The molecule has 1 amide bonds. The summed E-state index contributed by atoms with van der Waals surface area (Å²) in [6.45, 7) is 6.42. The predicted molar refractivity (Wildman–Crippen MR) is 99.2 cm³/mol. The molecule has 0 saturated heterocycles. The fraction of sp³-hybridized carbons (Fsp3) is 0.500. The molecule has 0 aliphatic rings. The van der Waals surface area contributed by atoms with Gasteiger partial charge in [-0.05, 0) is 57.3 Å². The van der Waals surface area contributed by atoms with Gasteiger partial charge in [0.1, 0.15) is 5.60 Å². The molecule has 0 aliphatic heterocycles. The lowest BCUT2D eigenvalue weighted by Gasteiger charge is -2.19. The molecule has 0 bridgehead atoms. The number of benzene rings is 1. The summed E-state index contributed by atoms with van der Waals surface area (Å²) in [6, 6.07) is 7.94. The molecule has 1 aromatic carbocycles.